The highest BCUT2D eigenvalue weighted by molar-refractivity contribution is 5.77. The molecule has 0 aliphatic carbocycles. The van der Waals surface area contributed by atoms with Gasteiger partial charge in [0, 0.05) is 36.9 Å². The first-order valence-electron chi connectivity index (χ1n) is 11.0. The van der Waals surface area contributed by atoms with E-state index in [1.54, 1.807) is 4.90 Å². The molecule has 1 atom stereocenters. The zero-order valence-electron chi connectivity index (χ0n) is 18.6. The molecule has 9 nitrogen and oxygen atoms in total. The van der Waals surface area contributed by atoms with Gasteiger partial charge in [0.25, 0.3) is 11.1 Å². The number of anilines is 1. The van der Waals surface area contributed by atoms with Crippen LogP contribution in [0.1, 0.15) is 43.0 Å². The number of halogens is 3. The molecule has 1 aromatic carbocycles. The van der Waals surface area contributed by atoms with Crippen molar-refractivity contribution in [2.45, 2.75) is 44.4 Å². The third kappa shape index (κ3) is 5.42. The summed E-state index contributed by atoms with van der Waals surface area (Å²) in [6, 6.07) is 6.53. The largest absolute Gasteiger partial charge is 0.416 e. The number of hydrogen-bond acceptors (Lipinski definition) is 6. The lowest BCUT2D eigenvalue weighted by Crippen LogP contribution is -2.40. The maximum Gasteiger partial charge on any atom is 0.416 e. The van der Waals surface area contributed by atoms with Crippen LogP contribution in [0, 0.1) is 0 Å². The fraction of sp³-hybridized carbons (Fsp3) is 0.348. The highest BCUT2D eigenvalue weighted by Gasteiger charge is 2.33. The second-order valence-electron chi connectivity index (χ2n) is 8.25. The van der Waals surface area contributed by atoms with Gasteiger partial charge in [-0.25, -0.2) is 14.6 Å². The first-order valence-corrected chi connectivity index (χ1v) is 11.0. The van der Waals surface area contributed by atoms with Gasteiger partial charge in [0.05, 0.1) is 23.8 Å². The molecule has 1 amide bonds. The van der Waals surface area contributed by atoms with E-state index in [4.69, 9.17) is 5.73 Å². The van der Waals surface area contributed by atoms with Crippen molar-refractivity contribution in [3.05, 3.63) is 74.6 Å². The van der Waals surface area contributed by atoms with Crippen LogP contribution >= 0.6 is 0 Å². The second kappa shape index (κ2) is 9.72. The van der Waals surface area contributed by atoms with E-state index in [0.29, 0.717) is 24.2 Å². The quantitative estimate of drug-likeness (QED) is 0.569. The first kappa shape index (κ1) is 24.2. The monoisotopic (exact) mass is 488 g/mol. The minimum atomic E-state index is -4.52. The average Bonchev–Trinajstić information content (AvgIpc) is 2.84. The normalized spacial score (nSPS) is 16.3. The Morgan fingerprint density at radius 3 is 2.74 bits per heavy atom. The number of benzene rings is 1. The van der Waals surface area contributed by atoms with Gasteiger partial charge >= 0.3 is 6.18 Å². The van der Waals surface area contributed by atoms with E-state index in [2.05, 4.69) is 15.1 Å². The van der Waals surface area contributed by atoms with Crippen molar-refractivity contribution in [3.63, 3.8) is 0 Å². The highest BCUT2D eigenvalue weighted by Crippen LogP contribution is 2.38. The van der Waals surface area contributed by atoms with Crippen LogP contribution in [0.5, 0.6) is 0 Å². The number of amides is 1. The standard InChI is InChI=1S/C23H23F3N6O3/c24-23(25,26)15-5-3-4-14(12-15)16-13-28-22(27)29-21(16)17-6-1-2-10-31(17)19(34)9-11-32-20(35)8-7-18(33)30-32/h3-5,7-8,12-13,17H,1-2,6,9-11H2,(H,30,33)(H2,27,28,29). The Balaban J connectivity index is 1.66. The maximum atomic E-state index is 13.3. The van der Waals surface area contributed by atoms with E-state index < -0.39 is 28.9 Å². The summed E-state index contributed by atoms with van der Waals surface area (Å²) in [5, 5.41) is 2.38. The predicted molar refractivity (Wildman–Crippen MR) is 121 cm³/mol. The van der Waals surface area contributed by atoms with Crippen LogP contribution in [0.25, 0.3) is 11.1 Å². The maximum absolute atomic E-state index is 13.3. The van der Waals surface area contributed by atoms with E-state index >= 15 is 0 Å². The van der Waals surface area contributed by atoms with Gasteiger partial charge < -0.3 is 10.6 Å². The molecular formula is C23H23F3N6O3. The van der Waals surface area contributed by atoms with Gasteiger partial charge in [-0.15, -0.1) is 0 Å². The lowest BCUT2D eigenvalue weighted by molar-refractivity contribution is -0.137. The van der Waals surface area contributed by atoms with E-state index in [-0.39, 0.29) is 30.4 Å². The molecule has 1 unspecified atom stereocenters. The van der Waals surface area contributed by atoms with Crippen molar-refractivity contribution in [1.29, 1.82) is 0 Å². The number of aryl methyl sites for hydroxylation is 1. The molecular weight excluding hydrogens is 465 g/mol. The van der Waals surface area contributed by atoms with Crippen LogP contribution < -0.4 is 16.9 Å². The average molecular weight is 488 g/mol. The van der Waals surface area contributed by atoms with Crippen molar-refractivity contribution in [2.24, 2.45) is 0 Å². The van der Waals surface area contributed by atoms with Gasteiger partial charge in [-0.2, -0.15) is 13.2 Å². The first-order chi connectivity index (χ1) is 16.6. The summed E-state index contributed by atoms with van der Waals surface area (Å²) < 4.78 is 41.0. The Morgan fingerprint density at radius 2 is 1.97 bits per heavy atom. The molecule has 1 aliphatic rings. The van der Waals surface area contributed by atoms with Crippen molar-refractivity contribution in [2.75, 3.05) is 12.3 Å². The summed E-state index contributed by atoms with van der Waals surface area (Å²) in [7, 11) is 0. The zero-order valence-corrected chi connectivity index (χ0v) is 18.6. The van der Waals surface area contributed by atoms with Gasteiger partial charge in [0.2, 0.25) is 11.9 Å². The van der Waals surface area contributed by atoms with Crippen LogP contribution in [0.4, 0.5) is 19.1 Å². The van der Waals surface area contributed by atoms with E-state index in [1.807, 2.05) is 0 Å². The molecule has 2 aromatic heterocycles. The minimum absolute atomic E-state index is 0.0244. The van der Waals surface area contributed by atoms with Gasteiger partial charge in [-0.05, 0) is 37.0 Å². The van der Waals surface area contributed by atoms with Crippen molar-refractivity contribution < 1.29 is 18.0 Å². The minimum Gasteiger partial charge on any atom is -0.368 e. The van der Waals surface area contributed by atoms with Crippen LogP contribution in [-0.2, 0) is 17.5 Å². The molecule has 3 aromatic rings. The number of nitrogens with zero attached hydrogens (tertiary/aromatic N) is 4. The number of nitrogens with one attached hydrogen (secondary N) is 1. The number of piperidine rings is 1. The third-order valence-electron chi connectivity index (χ3n) is 5.91. The molecule has 0 bridgehead atoms. The third-order valence-corrected chi connectivity index (χ3v) is 5.91. The summed E-state index contributed by atoms with van der Waals surface area (Å²) in [6.07, 6.45) is -1.14. The Bertz CT molecular complexity index is 1350. The summed E-state index contributed by atoms with van der Waals surface area (Å²) in [4.78, 5) is 46.5. The summed E-state index contributed by atoms with van der Waals surface area (Å²) in [5.41, 5.74) is 5.10. The molecule has 3 heterocycles. The molecule has 1 aliphatic heterocycles. The van der Waals surface area contributed by atoms with Crippen molar-refractivity contribution in [1.82, 2.24) is 24.6 Å². The fourth-order valence-corrected chi connectivity index (χ4v) is 4.24. The molecule has 184 valence electrons. The topological polar surface area (TPSA) is 127 Å². The number of carbonyl (C=O) groups excluding carboxylic acids is 1. The molecule has 1 fully saturated rings. The number of nitrogens with two attached hydrogens (primary N) is 1. The van der Waals surface area contributed by atoms with E-state index in [0.717, 1.165) is 41.8 Å². The predicted octanol–water partition coefficient (Wildman–Crippen LogP) is 2.74. The van der Waals surface area contributed by atoms with Crippen molar-refractivity contribution in [3.8, 4) is 11.1 Å². The Morgan fingerprint density at radius 1 is 1.17 bits per heavy atom. The number of alkyl halides is 3. The number of aromatic nitrogens is 4. The molecule has 12 heteroatoms. The molecule has 0 spiro atoms. The Hall–Kier alpha value is -3.96. The van der Waals surface area contributed by atoms with Crippen LogP contribution in [0.3, 0.4) is 0 Å². The van der Waals surface area contributed by atoms with Gasteiger partial charge in [-0.1, -0.05) is 12.1 Å². The van der Waals surface area contributed by atoms with Gasteiger partial charge in [-0.3, -0.25) is 19.5 Å². The molecule has 3 N–H and O–H groups in total. The number of aromatic amines is 1. The molecule has 0 radical (unpaired) electrons. The number of likely N-dealkylation sites (tertiary alicyclic amines) is 1. The molecule has 0 saturated carbocycles. The van der Waals surface area contributed by atoms with Crippen LogP contribution in [-0.4, -0.2) is 37.1 Å². The van der Waals surface area contributed by atoms with Gasteiger partial charge in [0.15, 0.2) is 0 Å². The van der Waals surface area contributed by atoms with Crippen LogP contribution in [0.15, 0.2) is 52.2 Å². The SMILES string of the molecule is Nc1ncc(-c2cccc(C(F)(F)F)c2)c(C2CCCCN2C(=O)CCn2[nH]c(=O)ccc2=O)n1. The fourth-order valence-electron chi connectivity index (χ4n) is 4.24. The molecule has 4 rings (SSSR count). The Labute approximate surface area is 197 Å². The number of nitrogen functional groups attached to an aromatic ring is 1. The molecule has 1 saturated heterocycles. The lowest BCUT2D eigenvalue weighted by atomic mass is 9.93. The zero-order chi connectivity index (χ0) is 25.2. The number of carbonyl (C=O) groups is 1. The van der Waals surface area contributed by atoms with Gasteiger partial charge in [0.1, 0.15) is 0 Å². The van der Waals surface area contributed by atoms with E-state index in [9.17, 15) is 27.6 Å². The highest BCUT2D eigenvalue weighted by atomic mass is 19.4. The number of hydrogen-bond donors (Lipinski definition) is 2. The number of rotatable bonds is 5. The second-order valence-corrected chi connectivity index (χ2v) is 8.25. The summed E-state index contributed by atoms with van der Waals surface area (Å²) >= 11 is 0. The van der Waals surface area contributed by atoms with Crippen LogP contribution in [0.2, 0.25) is 0 Å². The molecule has 35 heavy (non-hydrogen) atoms. The number of H-pyrrole nitrogens is 1. The summed E-state index contributed by atoms with van der Waals surface area (Å²) in [5.74, 6) is -0.333. The Kier molecular flexibility index (Phi) is 6.72. The lowest BCUT2D eigenvalue weighted by Gasteiger charge is -2.36. The van der Waals surface area contributed by atoms with Crippen molar-refractivity contribution >= 4 is 11.9 Å². The summed E-state index contributed by atoms with van der Waals surface area (Å²) in [6.45, 7) is 0.388. The smallest absolute Gasteiger partial charge is 0.368 e. The van der Waals surface area contributed by atoms with E-state index in [1.165, 1.54) is 18.3 Å².